The molecule has 1 heterocycles. The molecule has 0 unspecified atom stereocenters. The summed E-state index contributed by atoms with van der Waals surface area (Å²) in [5.41, 5.74) is -1.25. The molecule has 5 nitrogen and oxygen atoms in total. The van der Waals surface area contributed by atoms with E-state index >= 15 is 0 Å². The van der Waals surface area contributed by atoms with E-state index in [0.29, 0.717) is 10.5 Å². The Morgan fingerprint density at radius 2 is 1.76 bits per heavy atom. The highest BCUT2D eigenvalue weighted by Gasteiger charge is 2.42. The number of nitrogens with two attached hydrogens (primary N) is 1. The van der Waals surface area contributed by atoms with Gasteiger partial charge in [-0.1, -0.05) is 33.2 Å². The van der Waals surface area contributed by atoms with Crippen LogP contribution in [0.2, 0.25) is 0 Å². The number of benzene rings is 2. The summed E-state index contributed by atoms with van der Waals surface area (Å²) in [6.45, 7) is 1.74. The lowest BCUT2D eigenvalue weighted by Crippen LogP contribution is -2.15. The van der Waals surface area contributed by atoms with Gasteiger partial charge in [-0.25, -0.2) is 22.3 Å². The maximum atomic E-state index is 14.6. The van der Waals surface area contributed by atoms with Crippen LogP contribution in [0.1, 0.15) is 11.3 Å². The third kappa shape index (κ3) is 4.05. The highest BCUT2D eigenvalue weighted by atomic mass is 79.9. The summed E-state index contributed by atoms with van der Waals surface area (Å²) in [5, 5.41) is 8.19. The number of sulfonamides is 1. The van der Waals surface area contributed by atoms with Crippen LogP contribution in [0.5, 0.6) is 0 Å². The molecule has 0 aliphatic heterocycles. The number of aromatic nitrogens is 1. The van der Waals surface area contributed by atoms with Crippen LogP contribution < -0.4 is 5.14 Å². The highest BCUT2D eigenvalue weighted by molar-refractivity contribution is 9.10. The zero-order valence-electron chi connectivity index (χ0n) is 14.3. The summed E-state index contributed by atoms with van der Waals surface area (Å²) in [5.74, 6) is -4.63. The van der Waals surface area contributed by atoms with Gasteiger partial charge in [-0.05, 0) is 30.7 Å². The Labute approximate surface area is 169 Å². The lowest BCUT2D eigenvalue weighted by atomic mass is 9.97. The van der Waals surface area contributed by atoms with Crippen molar-refractivity contribution < 1.29 is 34.9 Å². The molecule has 0 saturated heterocycles. The van der Waals surface area contributed by atoms with E-state index in [2.05, 4.69) is 25.6 Å². The minimum Gasteiger partial charge on any atom is -0.350 e. The Morgan fingerprint density at radius 3 is 2.31 bits per heavy atom. The van der Waals surface area contributed by atoms with Gasteiger partial charge in [0.05, 0.1) is 5.56 Å². The van der Waals surface area contributed by atoms with Gasteiger partial charge in [-0.2, -0.15) is 13.2 Å². The van der Waals surface area contributed by atoms with E-state index in [9.17, 15) is 30.4 Å². The summed E-state index contributed by atoms with van der Waals surface area (Å²) < 4.78 is 96.8. The zero-order valence-corrected chi connectivity index (χ0v) is 16.7. The number of primary sulfonamides is 1. The molecule has 2 aromatic carbocycles. The number of hydrogen-bond acceptors (Lipinski definition) is 4. The molecule has 0 amide bonds. The lowest BCUT2D eigenvalue weighted by molar-refractivity contribution is -0.154. The Hall–Kier alpha value is -2.31. The van der Waals surface area contributed by atoms with E-state index in [1.807, 2.05) is 0 Å². The van der Waals surface area contributed by atoms with Crippen LogP contribution in [-0.4, -0.2) is 13.6 Å². The van der Waals surface area contributed by atoms with Crippen LogP contribution >= 0.6 is 15.9 Å². The molecule has 0 radical (unpaired) electrons. The average Bonchev–Trinajstić information content (AvgIpc) is 3.03. The number of halogens is 6. The van der Waals surface area contributed by atoms with Crippen molar-refractivity contribution in [1.29, 1.82) is 0 Å². The van der Waals surface area contributed by atoms with E-state index in [0.717, 1.165) is 5.56 Å². The predicted octanol–water partition coefficient (Wildman–Crippen LogP) is 5.02. The fraction of sp³-hybridized carbons (Fsp3) is 0.118. The Bertz CT molecular complexity index is 1220. The van der Waals surface area contributed by atoms with E-state index in [-0.39, 0.29) is 11.6 Å². The molecule has 3 rings (SSSR count). The van der Waals surface area contributed by atoms with Gasteiger partial charge in [0.2, 0.25) is 15.8 Å². The van der Waals surface area contributed by atoms with Gasteiger partial charge in [-0.15, -0.1) is 0 Å². The molecule has 0 saturated carbocycles. The number of hydrogen-bond donors (Lipinski definition) is 1. The van der Waals surface area contributed by atoms with Crippen molar-refractivity contribution >= 4 is 26.0 Å². The normalized spacial score (nSPS) is 12.4. The maximum Gasteiger partial charge on any atom is 0.453 e. The van der Waals surface area contributed by atoms with Gasteiger partial charge in [0, 0.05) is 15.6 Å². The highest BCUT2D eigenvalue weighted by Crippen LogP contribution is 2.44. The number of rotatable bonds is 3. The average molecular weight is 497 g/mol. The van der Waals surface area contributed by atoms with Crippen molar-refractivity contribution in [2.75, 3.05) is 0 Å². The third-order valence-corrected chi connectivity index (χ3v) is 5.77. The first kappa shape index (κ1) is 21.4. The first-order chi connectivity index (χ1) is 13.3. The van der Waals surface area contributed by atoms with Crippen molar-refractivity contribution in [3.05, 3.63) is 57.8 Å². The second-order valence-electron chi connectivity index (χ2n) is 6.00. The summed E-state index contributed by atoms with van der Waals surface area (Å²) >= 11 is 3.23. The fourth-order valence-electron chi connectivity index (χ4n) is 2.61. The molecule has 0 atom stereocenters. The largest absolute Gasteiger partial charge is 0.453 e. The van der Waals surface area contributed by atoms with E-state index < -0.39 is 55.3 Å². The third-order valence-electron chi connectivity index (χ3n) is 3.99. The maximum absolute atomic E-state index is 14.6. The SMILES string of the molecule is Cc1ccc(-c2noc(C(F)(F)F)c2-c2cc(F)c(S(N)(=O)=O)cc2F)cc1Br. The predicted molar refractivity (Wildman–Crippen MR) is 96.1 cm³/mol. The van der Waals surface area contributed by atoms with Crippen molar-refractivity contribution in [3.63, 3.8) is 0 Å². The minimum atomic E-state index is -5.08. The topological polar surface area (TPSA) is 86.2 Å². The molecule has 0 aliphatic rings. The molecule has 12 heteroatoms. The van der Waals surface area contributed by atoms with Crippen molar-refractivity contribution in [1.82, 2.24) is 5.16 Å². The molecule has 0 fully saturated rings. The van der Waals surface area contributed by atoms with Crippen LogP contribution in [0.15, 0.2) is 44.2 Å². The number of alkyl halides is 3. The second-order valence-corrected chi connectivity index (χ2v) is 8.39. The first-order valence-electron chi connectivity index (χ1n) is 7.66. The Kier molecular flexibility index (Phi) is 5.30. The molecule has 3 aromatic rings. The molecule has 0 spiro atoms. The standard InChI is InChI=1S/C17H10BrF5N2O3S/c1-7-2-3-8(4-10(7)18)15-14(16(28-25-15)17(21,22)23)9-5-12(20)13(6-11(9)19)29(24,26)27/h2-6H,1H3,(H2,24,26,27). The zero-order chi connectivity index (χ0) is 21.7. The molecule has 2 N–H and O–H groups in total. The Balaban J connectivity index is 2.35. The van der Waals surface area contributed by atoms with Gasteiger partial charge in [-0.3, -0.25) is 0 Å². The molecule has 0 bridgehead atoms. The Morgan fingerprint density at radius 1 is 1.10 bits per heavy atom. The molecule has 154 valence electrons. The van der Waals surface area contributed by atoms with Gasteiger partial charge in [0.25, 0.3) is 0 Å². The summed E-state index contributed by atoms with van der Waals surface area (Å²) in [6.07, 6.45) is -5.08. The fourth-order valence-corrected chi connectivity index (χ4v) is 3.59. The summed E-state index contributed by atoms with van der Waals surface area (Å²) in [7, 11) is -4.64. The molecule has 1 aromatic heterocycles. The quantitative estimate of drug-likeness (QED) is 0.515. The van der Waals surface area contributed by atoms with Crippen LogP contribution in [-0.2, 0) is 16.2 Å². The van der Waals surface area contributed by atoms with E-state index in [1.165, 1.54) is 12.1 Å². The van der Waals surface area contributed by atoms with Crippen molar-refractivity contribution in [3.8, 4) is 22.4 Å². The van der Waals surface area contributed by atoms with Crippen LogP contribution in [0.3, 0.4) is 0 Å². The number of nitrogens with zero attached hydrogens (tertiary/aromatic N) is 1. The molecular formula is C17H10BrF5N2O3S. The summed E-state index contributed by atoms with van der Waals surface area (Å²) in [6, 6.07) is 4.95. The molecule has 29 heavy (non-hydrogen) atoms. The van der Waals surface area contributed by atoms with E-state index in [1.54, 1.807) is 13.0 Å². The van der Waals surface area contributed by atoms with Crippen LogP contribution in [0.25, 0.3) is 22.4 Å². The lowest BCUT2D eigenvalue weighted by Gasteiger charge is -2.10. The number of aryl methyl sites for hydroxylation is 1. The smallest absolute Gasteiger partial charge is 0.350 e. The second kappa shape index (κ2) is 7.18. The van der Waals surface area contributed by atoms with Crippen molar-refractivity contribution in [2.45, 2.75) is 18.0 Å². The molecule has 0 aliphatic carbocycles. The first-order valence-corrected chi connectivity index (χ1v) is 10.00. The van der Waals surface area contributed by atoms with Gasteiger partial charge in [0.15, 0.2) is 0 Å². The summed E-state index contributed by atoms with van der Waals surface area (Å²) in [4.78, 5) is -1.19. The van der Waals surface area contributed by atoms with Crippen molar-refractivity contribution in [2.24, 2.45) is 5.14 Å². The molecular weight excluding hydrogens is 487 g/mol. The van der Waals surface area contributed by atoms with E-state index in [4.69, 9.17) is 5.14 Å². The van der Waals surface area contributed by atoms with Crippen LogP contribution in [0, 0.1) is 18.6 Å². The van der Waals surface area contributed by atoms with Crippen LogP contribution in [0.4, 0.5) is 22.0 Å². The monoisotopic (exact) mass is 496 g/mol. The van der Waals surface area contributed by atoms with Gasteiger partial charge < -0.3 is 4.52 Å². The minimum absolute atomic E-state index is 0.132. The van der Waals surface area contributed by atoms with Gasteiger partial charge in [0.1, 0.15) is 22.2 Å². The van der Waals surface area contributed by atoms with Gasteiger partial charge >= 0.3 is 6.18 Å².